The molecule has 0 saturated carbocycles. The third-order valence-electron chi connectivity index (χ3n) is 5.29. The van der Waals surface area contributed by atoms with E-state index in [0.29, 0.717) is 5.56 Å². The van der Waals surface area contributed by atoms with Gasteiger partial charge in [-0.3, -0.25) is 9.78 Å². The molecule has 0 aromatic carbocycles. The second kappa shape index (κ2) is 11.2. The average Bonchev–Trinajstić information content (AvgIpc) is 2.71. The van der Waals surface area contributed by atoms with E-state index in [2.05, 4.69) is 61.4 Å². The van der Waals surface area contributed by atoms with Gasteiger partial charge in [-0.15, -0.1) is 0 Å². The first-order chi connectivity index (χ1) is 14.3. The number of allylic oxidation sites excluding steroid dienone is 10. The Morgan fingerprint density at radius 3 is 2.53 bits per heavy atom. The Morgan fingerprint density at radius 1 is 1.13 bits per heavy atom. The van der Waals surface area contributed by atoms with Crippen LogP contribution in [0.5, 0.6) is 0 Å². The van der Waals surface area contributed by atoms with E-state index in [1.807, 2.05) is 25.2 Å². The molecule has 0 radical (unpaired) electrons. The minimum absolute atomic E-state index is 0.257. The number of nitrogens with zero attached hydrogens (tertiary/aromatic N) is 2. The monoisotopic (exact) mass is 403 g/mol. The van der Waals surface area contributed by atoms with Crippen molar-refractivity contribution in [3.05, 3.63) is 88.8 Å². The molecular weight excluding hydrogens is 370 g/mol. The lowest BCUT2D eigenvalue weighted by Crippen LogP contribution is -2.19. The molecule has 2 rings (SSSR count). The molecule has 0 aliphatic heterocycles. The molecule has 0 fully saturated rings. The van der Waals surface area contributed by atoms with E-state index in [-0.39, 0.29) is 11.3 Å². The summed E-state index contributed by atoms with van der Waals surface area (Å²) in [5, 5.41) is 3.95. The normalized spacial score (nSPS) is 18.0. The highest BCUT2D eigenvalue weighted by Crippen LogP contribution is 2.40. The van der Waals surface area contributed by atoms with Gasteiger partial charge < -0.3 is 0 Å². The smallest absolute Gasteiger partial charge is 0.267 e. The number of pyridine rings is 1. The van der Waals surface area contributed by atoms with Crippen molar-refractivity contribution in [2.24, 2.45) is 10.5 Å². The Balaban J connectivity index is 1.88. The second-order valence-corrected chi connectivity index (χ2v) is 8.40. The summed E-state index contributed by atoms with van der Waals surface area (Å²) in [7, 11) is 0. The third kappa shape index (κ3) is 7.43. The van der Waals surface area contributed by atoms with Gasteiger partial charge in [-0.1, -0.05) is 55.4 Å². The van der Waals surface area contributed by atoms with Crippen LogP contribution in [0.25, 0.3) is 0 Å². The number of hydrogen-bond acceptors (Lipinski definition) is 3. The largest absolute Gasteiger partial charge is 0.271 e. The molecule has 4 heteroatoms. The van der Waals surface area contributed by atoms with Crippen molar-refractivity contribution in [2.75, 3.05) is 0 Å². The summed E-state index contributed by atoms with van der Waals surface area (Å²) in [4.78, 5) is 15.8. The quantitative estimate of drug-likeness (QED) is 0.329. The average molecular weight is 404 g/mol. The van der Waals surface area contributed by atoms with Crippen molar-refractivity contribution in [1.29, 1.82) is 0 Å². The van der Waals surface area contributed by atoms with E-state index in [0.717, 1.165) is 5.57 Å². The van der Waals surface area contributed by atoms with Gasteiger partial charge in [0.1, 0.15) is 0 Å². The summed E-state index contributed by atoms with van der Waals surface area (Å²) in [5.41, 5.74) is 8.52. The lowest BCUT2D eigenvalue weighted by atomic mass is 9.72. The van der Waals surface area contributed by atoms with Crippen LogP contribution in [0.4, 0.5) is 0 Å². The van der Waals surface area contributed by atoms with E-state index in [1.54, 1.807) is 30.7 Å². The zero-order chi connectivity index (χ0) is 22.0. The molecule has 1 aliphatic carbocycles. The van der Waals surface area contributed by atoms with Crippen molar-refractivity contribution in [2.45, 2.75) is 53.9 Å². The molecule has 0 saturated heterocycles. The Kier molecular flexibility index (Phi) is 8.72. The van der Waals surface area contributed by atoms with Crippen molar-refractivity contribution in [3.63, 3.8) is 0 Å². The third-order valence-corrected chi connectivity index (χ3v) is 5.29. The van der Waals surface area contributed by atoms with E-state index < -0.39 is 0 Å². The first kappa shape index (κ1) is 23.3. The zero-order valence-electron chi connectivity index (χ0n) is 18.8. The lowest BCUT2D eigenvalue weighted by Gasteiger charge is -2.32. The Hall–Kier alpha value is -3.01. The van der Waals surface area contributed by atoms with Crippen molar-refractivity contribution in [1.82, 2.24) is 10.4 Å². The number of amides is 1. The van der Waals surface area contributed by atoms with E-state index >= 15 is 0 Å². The van der Waals surface area contributed by atoms with E-state index in [4.69, 9.17) is 0 Å². The van der Waals surface area contributed by atoms with Gasteiger partial charge >= 0.3 is 0 Å². The van der Waals surface area contributed by atoms with Gasteiger partial charge in [0.2, 0.25) is 0 Å². The van der Waals surface area contributed by atoms with E-state index in [9.17, 15) is 4.79 Å². The van der Waals surface area contributed by atoms with Crippen LogP contribution in [0.15, 0.2) is 88.4 Å². The molecule has 1 amide bonds. The Bertz CT molecular complexity index is 913. The molecule has 158 valence electrons. The molecule has 0 unspecified atom stereocenters. The molecule has 1 heterocycles. The lowest BCUT2D eigenvalue weighted by molar-refractivity contribution is 0.0955. The standard InChI is InChI=1S/C26H33N3O/c1-20(11-12-24-22(3)10-7-16-26(24,4)5)8-6-9-21(2)13-19-28-29-25(30)23-14-17-27-18-15-23/h6,8-9,11-15,17-19H,7,10,16H2,1-5H3,(H,29,30)/b9-6+,12-11-,20-8+,21-13+,28-19+. The van der Waals surface area contributed by atoms with Gasteiger partial charge in [-0.05, 0) is 74.8 Å². The van der Waals surface area contributed by atoms with Crippen molar-refractivity contribution in [3.8, 4) is 0 Å². The van der Waals surface area contributed by atoms with Crippen LogP contribution >= 0.6 is 0 Å². The molecular formula is C26H33N3O. The number of carbonyl (C=O) groups excluding carboxylic acids is 1. The molecule has 30 heavy (non-hydrogen) atoms. The van der Waals surface area contributed by atoms with Crippen LogP contribution in [-0.2, 0) is 0 Å². The van der Waals surface area contributed by atoms with Crippen LogP contribution in [0.3, 0.4) is 0 Å². The summed E-state index contributed by atoms with van der Waals surface area (Å²) >= 11 is 0. The van der Waals surface area contributed by atoms with Gasteiger partial charge in [-0.2, -0.15) is 5.10 Å². The number of rotatable bonds is 7. The van der Waals surface area contributed by atoms with Crippen LogP contribution in [0.1, 0.15) is 64.2 Å². The Labute approximate surface area is 180 Å². The number of carbonyl (C=O) groups is 1. The van der Waals surface area contributed by atoms with Gasteiger partial charge in [-0.25, -0.2) is 5.43 Å². The van der Waals surface area contributed by atoms with Crippen LogP contribution in [0.2, 0.25) is 0 Å². The van der Waals surface area contributed by atoms with Crippen molar-refractivity contribution >= 4 is 12.1 Å². The first-order valence-electron chi connectivity index (χ1n) is 10.4. The zero-order valence-corrected chi connectivity index (χ0v) is 18.8. The maximum Gasteiger partial charge on any atom is 0.271 e. The fourth-order valence-electron chi connectivity index (χ4n) is 3.51. The number of hydrazone groups is 1. The number of nitrogens with one attached hydrogen (secondary N) is 1. The summed E-state index contributed by atoms with van der Waals surface area (Å²) < 4.78 is 0. The van der Waals surface area contributed by atoms with Crippen LogP contribution < -0.4 is 5.43 Å². The van der Waals surface area contributed by atoms with Gasteiger partial charge in [0.25, 0.3) is 5.91 Å². The minimum atomic E-state index is -0.257. The summed E-state index contributed by atoms with van der Waals surface area (Å²) in [6.07, 6.45) is 21.0. The number of hydrogen-bond donors (Lipinski definition) is 1. The van der Waals surface area contributed by atoms with E-state index in [1.165, 1.54) is 36.0 Å². The molecule has 0 spiro atoms. The molecule has 4 nitrogen and oxygen atoms in total. The molecule has 1 aromatic rings. The van der Waals surface area contributed by atoms with Crippen LogP contribution in [0, 0.1) is 5.41 Å². The highest BCUT2D eigenvalue weighted by atomic mass is 16.2. The summed E-state index contributed by atoms with van der Waals surface area (Å²) in [6, 6.07) is 3.29. The predicted molar refractivity (Wildman–Crippen MR) is 126 cm³/mol. The fraction of sp³-hybridized carbons (Fsp3) is 0.346. The Morgan fingerprint density at radius 2 is 1.83 bits per heavy atom. The highest BCUT2D eigenvalue weighted by Gasteiger charge is 2.26. The first-order valence-corrected chi connectivity index (χ1v) is 10.4. The predicted octanol–water partition coefficient (Wildman–Crippen LogP) is 6.33. The summed E-state index contributed by atoms with van der Waals surface area (Å²) in [5.74, 6) is -0.257. The molecule has 1 aliphatic rings. The fourth-order valence-corrected chi connectivity index (χ4v) is 3.51. The second-order valence-electron chi connectivity index (χ2n) is 8.40. The summed E-state index contributed by atoms with van der Waals surface area (Å²) in [6.45, 7) is 11.0. The van der Waals surface area contributed by atoms with Crippen molar-refractivity contribution < 1.29 is 4.79 Å². The maximum atomic E-state index is 11.9. The van der Waals surface area contributed by atoms with Crippen LogP contribution in [-0.4, -0.2) is 17.1 Å². The molecule has 0 bridgehead atoms. The molecule has 1 aromatic heterocycles. The SMILES string of the molecule is CC1=C(\C=C/C(C)=C/C=C/C(C)=C/C=N/NC(=O)c2ccncc2)C(C)(C)CCC1. The number of aromatic nitrogens is 1. The molecule has 0 atom stereocenters. The van der Waals surface area contributed by atoms with Gasteiger partial charge in [0.05, 0.1) is 0 Å². The van der Waals surface area contributed by atoms with Gasteiger partial charge in [0.15, 0.2) is 0 Å². The maximum absolute atomic E-state index is 11.9. The minimum Gasteiger partial charge on any atom is -0.267 e. The highest BCUT2D eigenvalue weighted by molar-refractivity contribution is 5.94. The van der Waals surface area contributed by atoms with Gasteiger partial charge in [0, 0.05) is 24.2 Å². The topological polar surface area (TPSA) is 54.4 Å². The molecule has 1 N–H and O–H groups in total.